The smallest absolute Gasteiger partial charge is 0.331 e. The van der Waals surface area contributed by atoms with Crippen molar-refractivity contribution in [3.05, 3.63) is 83.7 Å². The summed E-state index contributed by atoms with van der Waals surface area (Å²) >= 11 is 0. The lowest BCUT2D eigenvalue weighted by molar-refractivity contribution is -0.136. The molecule has 0 spiro atoms. The number of benzene rings is 2. The Kier molecular flexibility index (Phi) is 7.00. The summed E-state index contributed by atoms with van der Waals surface area (Å²) in [5, 5.41) is 4.27. The summed E-state index contributed by atoms with van der Waals surface area (Å²) in [4.78, 5) is 24.3. The fourth-order valence-corrected chi connectivity index (χ4v) is 2.78. The fraction of sp³-hybridized carbons (Fsp3) is 0.174. The molecule has 0 amide bonds. The van der Waals surface area contributed by atoms with Crippen molar-refractivity contribution in [1.82, 2.24) is 9.78 Å². The van der Waals surface area contributed by atoms with E-state index in [1.807, 2.05) is 36.5 Å². The van der Waals surface area contributed by atoms with E-state index in [0.29, 0.717) is 23.6 Å². The van der Waals surface area contributed by atoms with E-state index in [1.165, 1.54) is 20.3 Å². The van der Waals surface area contributed by atoms with Gasteiger partial charge in [-0.3, -0.25) is 9.48 Å². The van der Waals surface area contributed by atoms with Crippen LogP contribution in [0.4, 0.5) is 0 Å². The van der Waals surface area contributed by atoms with Crippen molar-refractivity contribution in [3.63, 3.8) is 0 Å². The third-order valence-corrected chi connectivity index (χ3v) is 4.31. The lowest BCUT2D eigenvalue weighted by Gasteiger charge is -2.09. The summed E-state index contributed by atoms with van der Waals surface area (Å²) in [5.41, 5.74) is 2.20. The molecule has 0 aliphatic heterocycles. The highest BCUT2D eigenvalue weighted by Gasteiger charge is 2.15. The monoisotopic (exact) mass is 406 g/mol. The van der Waals surface area contributed by atoms with Crippen LogP contribution in [0.25, 0.3) is 6.08 Å². The number of hydrogen-bond donors (Lipinski definition) is 0. The van der Waals surface area contributed by atoms with E-state index in [0.717, 1.165) is 11.1 Å². The highest BCUT2D eigenvalue weighted by atomic mass is 16.5. The van der Waals surface area contributed by atoms with Crippen LogP contribution in [0.3, 0.4) is 0 Å². The number of rotatable bonds is 9. The normalized spacial score (nSPS) is 10.7. The summed E-state index contributed by atoms with van der Waals surface area (Å²) < 4.78 is 17.1. The standard InChI is InChI=1S/C23H22N2O5/c1-28-19-9-10-20(22(12-19)29-2)21(26)16-30-23(27)11-8-18-13-24-25(15-18)14-17-6-4-3-5-7-17/h3-13,15H,14,16H2,1-2H3/b11-8+. The number of Topliss-reactive ketones (excluding diaryl/α,β-unsaturated/α-hetero) is 1. The lowest BCUT2D eigenvalue weighted by atomic mass is 10.1. The van der Waals surface area contributed by atoms with E-state index >= 15 is 0 Å². The molecule has 3 rings (SSSR count). The van der Waals surface area contributed by atoms with Crippen molar-refractivity contribution in [2.45, 2.75) is 6.54 Å². The van der Waals surface area contributed by atoms with Gasteiger partial charge in [-0.05, 0) is 23.8 Å². The Morgan fingerprint density at radius 1 is 1.07 bits per heavy atom. The third kappa shape index (κ3) is 5.57. The zero-order chi connectivity index (χ0) is 21.3. The predicted molar refractivity (Wildman–Crippen MR) is 112 cm³/mol. The van der Waals surface area contributed by atoms with Crippen LogP contribution in [0, 0.1) is 0 Å². The van der Waals surface area contributed by atoms with E-state index < -0.39 is 5.97 Å². The predicted octanol–water partition coefficient (Wildman–Crippen LogP) is 3.39. The number of ketones is 1. The van der Waals surface area contributed by atoms with Crippen LogP contribution in [0.15, 0.2) is 67.0 Å². The average Bonchev–Trinajstić information content (AvgIpc) is 3.23. The zero-order valence-electron chi connectivity index (χ0n) is 16.8. The van der Waals surface area contributed by atoms with E-state index in [1.54, 1.807) is 35.2 Å². The number of methoxy groups -OCH3 is 2. The van der Waals surface area contributed by atoms with Crippen LogP contribution in [0.5, 0.6) is 11.5 Å². The molecule has 0 saturated heterocycles. The summed E-state index contributed by atoms with van der Waals surface area (Å²) in [7, 11) is 2.98. The molecule has 0 bridgehead atoms. The molecule has 0 N–H and O–H groups in total. The number of aromatic nitrogens is 2. The SMILES string of the molecule is COc1ccc(C(=O)COC(=O)/C=C/c2cnn(Cc3ccccc3)c2)c(OC)c1. The first kappa shape index (κ1) is 20.9. The van der Waals surface area contributed by atoms with Crippen LogP contribution >= 0.6 is 0 Å². The number of nitrogens with zero attached hydrogens (tertiary/aromatic N) is 2. The fourth-order valence-electron chi connectivity index (χ4n) is 2.78. The molecule has 1 heterocycles. The second-order valence-corrected chi connectivity index (χ2v) is 6.39. The first-order chi connectivity index (χ1) is 14.6. The highest BCUT2D eigenvalue weighted by molar-refractivity contribution is 6.01. The Morgan fingerprint density at radius 2 is 1.87 bits per heavy atom. The van der Waals surface area contributed by atoms with Gasteiger partial charge in [-0.2, -0.15) is 5.10 Å². The molecular formula is C23H22N2O5. The lowest BCUT2D eigenvalue weighted by Crippen LogP contribution is -2.13. The number of esters is 1. The van der Waals surface area contributed by atoms with Crippen molar-refractivity contribution in [2.24, 2.45) is 0 Å². The minimum atomic E-state index is -0.619. The van der Waals surface area contributed by atoms with E-state index in [2.05, 4.69) is 5.10 Å². The van der Waals surface area contributed by atoms with Crippen molar-refractivity contribution in [1.29, 1.82) is 0 Å². The van der Waals surface area contributed by atoms with Crippen LogP contribution in [0.2, 0.25) is 0 Å². The van der Waals surface area contributed by atoms with Crippen LogP contribution in [-0.2, 0) is 16.1 Å². The molecule has 0 saturated carbocycles. The first-order valence-corrected chi connectivity index (χ1v) is 9.25. The van der Waals surface area contributed by atoms with Gasteiger partial charge in [-0.1, -0.05) is 30.3 Å². The molecule has 3 aromatic rings. The van der Waals surface area contributed by atoms with Crippen LogP contribution in [-0.4, -0.2) is 42.4 Å². The second kappa shape index (κ2) is 10.1. The Hall–Kier alpha value is -3.87. The van der Waals surface area contributed by atoms with Gasteiger partial charge in [-0.25, -0.2) is 4.79 Å². The molecule has 0 atom stereocenters. The first-order valence-electron chi connectivity index (χ1n) is 9.25. The van der Waals surface area contributed by atoms with Gasteiger partial charge in [0.2, 0.25) is 5.78 Å². The maximum atomic E-state index is 12.3. The highest BCUT2D eigenvalue weighted by Crippen LogP contribution is 2.25. The number of carbonyl (C=O) groups is 2. The summed E-state index contributed by atoms with van der Waals surface area (Å²) in [6, 6.07) is 14.8. The Morgan fingerprint density at radius 3 is 2.60 bits per heavy atom. The van der Waals surface area contributed by atoms with Gasteiger partial charge in [0.1, 0.15) is 11.5 Å². The maximum Gasteiger partial charge on any atom is 0.331 e. The molecule has 0 aliphatic carbocycles. The van der Waals surface area contributed by atoms with Gasteiger partial charge < -0.3 is 14.2 Å². The summed E-state index contributed by atoms with van der Waals surface area (Å²) in [6.45, 7) is 0.246. The van der Waals surface area contributed by atoms with E-state index in [9.17, 15) is 9.59 Å². The van der Waals surface area contributed by atoms with E-state index in [4.69, 9.17) is 14.2 Å². The molecule has 154 valence electrons. The summed E-state index contributed by atoms with van der Waals surface area (Å²) in [6.07, 6.45) is 6.34. The quantitative estimate of drug-likeness (QED) is 0.308. The molecule has 0 radical (unpaired) electrons. The molecule has 2 aromatic carbocycles. The largest absolute Gasteiger partial charge is 0.497 e. The van der Waals surface area contributed by atoms with Crippen molar-refractivity contribution >= 4 is 17.8 Å². The average molecular weight is 406 g/mol. The van der Waals surface area contributed by atoms with Gasteiger partial charge in [0.15, 0.2) is 6.61 Å². The topological polar surface area (TPSA) is 79.7 Å². The molecule has 0 unspecified atom stereocenters. The molecule has 7 nitrogen and oxygen atoms in total. The van der Waals surface area contributed by atoms with Crippen LogP contribution < -0.4 is 9.47 Å². The minimum absolute atomic E-state index is 0.317. The van der Waals surface area contributed by atoms with E-state index in [-0.39, 0.29) is 12.4 Å². The van der Waals surface area contributed by atoms with Crippen molar-refractivity contribution in [2.75, 3.05) is 20.8 Å². The minimum Gasteiger partial charge on any atom is -0.497 e. The molecule has 0 aliphatic rings. The Labute approximate surface area is 174 Å². The number of carbonyl (C=O) groups excluding carboxylic acids is 2. The number of hydrogen-bond acceptors (Lipinski definition) is 6. The van der Waals surface area contributed by atoms with Gasteiger partial charge in [0.25, 0.3) is 0 Å². The molecule has 0 fully saturated rings. The third-order valence-electron chi connectivity index (χ3n) is 4.31. The van der Waals surface area contributed by atoms with Gasteiger partial charge >= 0.3 is 5.97 Å². The molecular weight excluding hydrogens is 384 g/mol. The van der Waals surface area contributed by atoms with Crippen molar-refractivity contribution in [3.8, 4) is 11.5 Å². The van der Waals surface area contributed by atoms with Crippen LogP contribution in [0.1, 0.15) is 21.5 Å². The molecule has 7 heteroatoms. The zero-order valence-corrected chi connectivity index (χ0v) is 16.8. The second-order valence-electron chi connectivity index (χ2n) is 6.39. The summed E-state index contributed by atoms with van der Waals surface area (Å²) in [5.74, 6) is -0.0634. The Balaban J connectivity index is 1.53. The number of ether oxygens (including phenoxy) is 3. The van der Waals surface area contributed by atoms with Gasteiger partial charge in [-0.15, -0.1) is 0 Å². The Bertz CT molecular complexity index is 1040. The van der Waals surface area contributed by atoms with Crippen molar-refractivity contribution < 1.29 is 23.8 Å². The van der Waals surface area contributed by atoms with Gasteiger partial charge in [0.05, 0.1) is 32.5 Å². The molecule has 30 heavy (non-hydrogen) atoms. The van der Waals surface area contributed by atoms with Gasteiger partial charge in [0, 0.05) is 23.9 Å². The maximum absolute atomic E-state index is 12.3. The molecule has 1 aromatic heterocycles.